The molecule has 0 atom stereocenters. The summed E-state index contributed by atoms with van der Waals surface area (Å²) in [6, 6.07) is 17.0. The Bertz CT molecular complexity index is 1190. The van der Waals surface area contributed by atoms with Crippen LogP contribution in [0.4, 0.5) is 5.69 Å². The molecule has 1 aliphatic heterocycles. The number of carbonyl (C=O) groups is 3. The van der Waals surface area contributed by atoms with Crippen molar-refractivity contribution < 1.29 is 19.1 Å². The molecule has 0 aliphatic carbocycles. The minimum Gasteiger partial charge on any atom is -0.374 e. The van der Waals surface area contributed by atoms with Gasteiger partial charge in [0.15, 0.2) is 5.78 Å². The fraction of sp³-hybridized carbons (Fsp3) is 0.296. The zero-order valence-electron chi connectivity index (χ0n) is 20.1. The lowest BCUT2D eigenvalue weighted by Gasteiger charge is -2.16. The third-order valence-corrected chi connectivity index (χ3v) is 6.47. The zero-order chi connectivity index (χ0) is 25.4. The fourth-order valence-corrected chi connectivity index (χ4v) is 4.47. The molecule has 1 aromatic heterocycles. The normalized spacial score (nSPS) is 12.1. The monoisotopic (exact) mass is 512 g/mol. The van der Waals surface area contributed by atoms with Gasteiger partial charge in [0, 0.05) is 36.5 Å². The van der Waals surface area contributed by atoms with E-state index < -0.39 is 0 Å². The number of hydrogen-bond donors (Lipinski definition) is 1. The number of ether oxygens (including phenoxy) is 1. The second-order valence-electron chi connectivity index (χ2n) is 8.29. The minimum absolute atomic E-state index is 0.0131. The van der Waals surface area contributed by atoms with Gasteiger partial charge in [0.1, 0.15) is 6.61 Å². The predicted octanol–water partition coefficient (Wildman–Crippen LogP) is 6.12. The molecule has 0 spiro atoms. The van der Waals surface area contributed by atoms with E-state index in [0.717, 1.165) is 17.5 Å². The van der Waals surface area contributed by atoms with Crippen LogP contribution in [0.1, 0.15) is 57.0 Å². The number of aryl methyl sites for hydroxylation is 1. The lowest BCUT2D eigenvalue weighted by molar-refractivity contribution is -0.121. The molecule has 0 unspecified atom stereocenters. The lowest BCUT2D eigenvalue weighted by Crippen LogP contribution is -2.23. The average molecular weight is 513 g/mol. The Hall–Kier alpha value is -3.00. The maximum atomic E-state index is 12.8. The number of hydrogen-bond acceptors (Lipinski definition) is 5. The number of carbonyl (C=O) groups excluding carboxylic acids is 3. The highest BCUT2D eigenvalue weighted by Crippen LogP contribution is 2.31. The summed E-state index contributed by atoms with van der Waals surface area (Å²) in [5, 5.41) is 2.92. The number of Topliss-reactive ketones (excluding diaryl/α,β-unsaturated/α-hetero) is 1. The highest BCUT2D eigenvalue weighted by molar-refractivity contribution is 7.18. The molecule has 2 amide bonds. The second-order valence-corrected chi connectivity index (χ2v) is 10.0. The quantitative estimate of drug-likeness (QED) is 0.369. The van der Waals surface area contributed by atoms with Crippen LogP contribution in [0, 0.1) is 6.92 Å². The van der Waals surface area contributed by atoms with Crippen LogP contribution in [0.3, 0.4) is 0 Å². The first-order valence-electron chi connectivity index (χ1n) is 11.4. The Labute approximate surface area is 214 Å². The van der Waals surface area contributed by atoms with E-state index in [1.54, 1.807) is 23.1 Å². The summed E-state index contributed by atoms with van der Waals surface area (Å²) in [5.74, 6) is -0.135. The topological polar surface area (TPSA) is 75.7 Å². The number of nitrogens with zero attached hydrogens (tertiary/aromatic N) is 1. The largest absolute Gasteiger partial charge is 0.374 e. The van der Waals surface area contributed by atoms with Crippen molar-refractivity contribution in [2.24, 2.45) is 0 Å². The Morgan fingerprint density at radius 3 is 2.49 bits per heavy atom. The maximum absolute atomic E-state index is 12.8. The van der Waals surface area contributed by atoms with Crippen LogP contribution in [0.5, 0.6) is 0 Å². The van der Waals surface area contributed by atoms with Crippen LogP contribution in [-0.4, -0.2) is 35.7 Å². The summed E-state index contributed by atoms with van der Waals surface area (Å²) in [4.78, 5) is 37.8. The summed E-state index contributed by atoms with van der Waals surface area (Å²) in [5.41, 5.74) is 4.44. The number of thiophene rings is 1. The number of anilines is 1. The maximum Gasteiger partial charge on any atom is 0.265 e. The van der Waals surface area contributed by atoms with Crippen LogP contribution in [0.2, 0.25) is 4.34 Å². The first-order chi connectivity index (χ1) is 16.8. The van der Waals surface area contributed by atoms with Crippen molar-refractivity contribution in [3.63, 3.8) is 0 Å². The molecule has 8 heteroatoms. The molecule has 0 saturated heterocycles. The second kappa shape index (κ2) is 12.6. The fourth-order valence-electron chi connectivity index (χ4n) is 3.53. The van der Waals surface area contributed by atoms with E-state index in [9.17, 15) is 14.4 Å². The van der Waals surface area contributed by atoms with Crippen molar-refractivity contribution >= 4 is 46.2 Å². The van der Waals surface area contributed by atoms with Gasteiger partial charge in [-0.05, 0) is 50.1 Å². The highest BCUT2D eigenvalue weighted by Gasteiger charge is 2.29. The van der Waals surface area contributed by atoms with Gasteiger partial charge in [-0.15, -0.1) is 11.3 Å². The van der Waals surface area contributed by atoms with E-state index in [2.05, 4.69) is 5.32 Å². The number of benzene rings is 2. The molecule has 6 nitrogen and oxygen atoms in total. The number of rotatable bonds is 8. The van der Waals surface area contributed by atoms with Gasteiger partial charge in [-0.25, -0.2) is 0 Å². The molecular formula is C27H29ClN2O4S. The standard InChI is InChI=1S/C21H17ClN2O2S.C6H12O2/c1-13-5-7-14(8-6-13)11-24-12-16-15(21(24)26)3-2-4-17(16)23-20(25)18-9-10-19(22)27-18;1-3-4-8-5-6(2)7/h2-10H,11-12H2,1H3,(H,23,25);3-5H2,1-2H3. The number of fused-ring (bicyclic) bond motifs is 1. The number of amides is 2. The number of halogens is 1. The highest BCUT2D eigenvalue weighted by atomic mass is 35.5. The summed E-state index contributed by atoms with van der Waals surface area (Å²) >= 11 is 7.14. The van der Waals surface area contributed by atoms with E-state index in [0.29, 0.717) is 40.2 Å². The van der Waals surface area contributed by atoms with Crippen molar-refractivity contribution in [3.05, 3.63) is 86.1 Å². The summed E-state index contributed by atoms with van der Waals surface area (Å²) in [6.07, 6.45) is 0.979. The first kappa shape index (κ1) is 26.6. The molecule has 2 heterocycles. The SMILES string of the molecule is CCCOCC(C)=O.Cc1ccc(CN2Cc3c(NC(=O)c4ccc(Cl)s4)cccc3C2=O)cc1. The molecule has 0 bridgehead atoms. The Morgan fingerprint density at radius 1 is 1.11 bits per heavy atom. The molecule has 2 aromatic carbocycles. The van der Waals surface area contributed by atoms with Gasteiger partial charge < -0.3 is 15.0 Å². The Balaban J connectivity index is 0.000000371. The summed E-state index contributed by atoms with van der Waals surface area (Å²) in [7, 11) is 0. The molecule has 0 fully saturated rings. The van der Waals surface area contributed by atoms with Gasteiger partial charge in [0.2, 0.25) is 0 Å². The van der Waals surface area contributed by atoms with E-state index in [1.807, 2.05) is 50.2 Å². The lowest BCUT2D eigenvalue weighted by atomic mass is 10.1. The van der Waals surface area contributed by atoms with Gasteiger partial charge in [-0.1, -0.05) is 54.4 Å². The van der Waals surface area contributed by atoms with E-state index in [4.69, 9.17) is 16.3 Å². The van der Waals surface area contributed by atoms with Crippen molar-refractivity contribution in [2.75, 3.05) is 18.5 Å². The van der Waals surface area contributed by atoms with Gasteiger partial charge in [0.25, 0.3) is 11.8 Å². The van der Waals surface area contributed by atoms with Crippen molar-refractivity contribution in [1.82, 2.24) is 4.90 Å². The molecular weight excluding hydrogens is 484 g/mol. The summed E-state index contributed by atoms with van der Waals surface area (Å²) < 4.78 is 5.46. The molecule has 1 aliphatic rings. The average Bonchev–Trinajstić information content (AvgIpc) is 3.40. The van der Waals surface area contributed by atoms with Gasteiger partial charge in [-0.2, -0.15) is 0 Å². The molecule has 0 saturated carbocycles. The van der Waals surface area contributed by atoms with Crippen LogP contribution in [0.25, 0.3) is 0 Å². The third-order valence-electron chi connectivity index (χ3n) is 5.24. The number of nitrogens with one attached hydrogen (secondary N) is 1. The third kappa shape index (κ3) is 7.49. The van der Waals surface area contributed by atoms with Crippen LogP contribution >= 0.6 is 22.9 Å². The van der Waals surface area contributed by atoms with Gasteiger partial charge in [-0.3, -0.25) is 14.4 Å². The summed E-state index contributed by atoms with van der Waals surface area (Å²) in [6.45, 7) is 7.56. The minimum atomic E-state index is -0.218. The molecule has 184 valence electrons. The first-order valence-corrected chi connectivity index (χ1v) is 12.6. The van der Waals surface area contributed by atoms with Crippen molar-refractivity contribution in [2.45, 2.75) is 40.3 Å². The van der Waals surface area contributed by atoms with Gasteiger partial charge in [0.05, 0.1) is 9.21 Å². The predicted molar refractivity (Wildman–Crippen MR) is 140 cm³/mol. The van der Waals surface area contributed by atoms with E-state index >= 15 is 0 Å². The molecule has 1 N–H and O–H groups in total. The Kier molecular flexibility index (Phi) is 9.60. The van der Waals surface area contributed by atoms with E-state index in [1.165, 1.54) is 23.8 Å². The number of ketones is 1. The van der Waals surface area contributed by atoms with Crippen molar-refractivity contribution in [1.29, 1.82) is 0 Å². The molecule has 35 heavy (non-hydrogen) atoms. The smallest absolute Gasteiger partial charge is 0.265 e. The Morgan fingerprint density at radius 2 is 1.86 bits per heavy atom. The van der Waals surface area contributed by atoms with E-state index in [-0.39, 0.29) is 24.2 Å². The zero-order valence-corrected chi connectivity index (χ0v) is 21.7. The van der Waals surface area contributed by atoms with Crippen LogP contribution in [-0.2, 0) is 22.6 Å². The molecule has 0 radical (unpaired) electrons. The molecule has 3 aromatic rings. The molecule has 4 rings (SSSR count). The van der Waals surface area contributed by atoms with Crippen LogP contribution in [0.15, 0.2) is 54.6 Å². The van der Waals surface area contributed by atoms with Crippen LogP contribution < -0.4 is 5.32 Å². The van der Waals surface area contributed by atoms with Crippen molar-refractivity contribution in [3.8, 4) is 0 Å². The van der Waals surface area contributed by atoms with Gasteiger partial charge >= 0.3 is 0 Å².